The molecule has 0 aliphatic heterocycles. The Morgan fingerprint density at radius 2 is 1.83 bits per heavy atom. The Labute approximate surface area is 147 Å². The summed E-state index contributed by atoms with van der Waals surface area (Å²) in [5, 5.41) is 1.11. The van der Waals surface area contributed by atoms with Gasteiger partial charge in [0.15, 0.2) is 0 Å². The molecule has 0 saturated heterocycles. The maximum absolute atomic E-state index is 12.6. The van der Waals surface area contributed by atoms with Crippen molar-refractivity contribution in [2.75, 3.05) is 5.75 Å². The van der Waals surface area contributed by atoms with Crippen molar-refractivity contribution in [1.82, 2.24) is 9.71 Å². The van der Waals surface area contributed by atoms with Crippen molar-refractivity contribution >= 4 is 33.6 Å². The van der Waals surface area contributed by atoms with Gasteiger partial charge in [-0.25, -0.2) is 13.1 Å². The Morgan fingerprint density at radius 1 is 1.12 bits per heavy atom. The van der Waals surface area contributed by atoms with Crippen molar-refractivity contribution in [1.29, 1.82) is 0 Å². The minimum atomic E-state index is -3.55. The zero-order valence-corrected chi connectivity index (χ0v) is 15.1. The van der Waals surface area contributed by atoms with E-state index in [0.717, 1.165) is 22.0 Å². The van der Waals surface area contributed by atoms with E-state index in [1.807, 2.05) is 37.4 Å². The van der Waals surface area contributed by atoms with Crippen LogP contribution >= 0.6 is 12.6 Å². The van der Waals surface area contributed by atoms with Crippen molar-refractivity contribution in [2.24, 2.45) is 0 Å². The first kappa shape index (κ1) is 17.1. The first-order chi connectivity index (χ1) is 11.5. The van der Waals surface area contributed by atoms with Gasteiger partial charge in [-0.15, -0.1) is 0 Å². The molecule has 0 saturated carbocycles. The Bertz CT molecular complexity index is 931. The number of para-hydroxylation sites is 1. The summed E-state index contributed by atoms with van der Waals surface area (Å²) in [6.45, 7) is 1.93. The summed E-state index contributed by atoms with van der Waals surface area (Å²) in [5.74, 6) is 0.421. The smallest absolute Gasteiger partial charge is 0.240 e. The quantitative estimate of drug-likeness (QED) is 0.591. The van der Waals surface area contributed by atoms with Crippen molar-refractivity contribution in [2.45, 2.75) is 24.3 Å². The molecule has 0 unspecified atom stereocenters. The van der Waals surface area contributed by atoms with E-state index in [4.69, 9.17) is 0 Å². The number of hydrogen-bond acceptors (Lipinski definition) is 3. The molecule has 1 heterocycles. The van der Waals surface area contributed by atoms with E-state index in [9.17, 15) is 8.42 Å². The SMILES string of the molecule is Cc1ccc(S(=O)(=O)N[C@H](CS)Cc2c[nH]c3ccccc23)cc1. The zero-order chi connectivity index (χ0) is 17.2. The lowest BCUT2D eigenvalue weighted by molar-refractivity contribution is 0.562. The maximum atomic E-state index is 12.6. The first-order valence-corrected chi connectivity index (χ1v) is 9.86. The number of benzene rings is 2. The lowest BCUT2D eigenvalue weighted by Gasteiger charge is -2.16. The van der Waals surface area contributed by atoms with Gasteiger partial charge in [0, 0.05) is 28.9 Å². The average Bonchev–Trinajstić information content (AvgIpc) is 2.97. The van der Waals surface area contributed by atoms with Gasteiger partial charge in [-0.05, 0) is 37.1 Å². The van der Waals surface area contributed by atoms with Crippen molar-refractivity contribution < 1.29 is 8.42 Å². The molecule has 4 nitrogen and oxygen atoms in total. The van der Waals surface area contributed by atoms with Gasteiger partial charge in [0.25, 0.3) is 0 Å². The van der Waals surface area contributed by atoms with E-state index in [1.165, 1.54) is 0 Å². The second-order valence-corrected chi connectivity index (χ2v) is 7.96. The van der Waals surface area contributed by atoms with Crippen LogP contribution in [0, 0.1) is 6.92 Å². The highest BCUT2D eigenvalue weighted by atomic mass is 32.2. The summed E-state index contributed by atoms with van der Waals surface area (Å²) in [5.41, 5.74) is 3.15. The van der Waals surface area contributed by atoms with Crippen LogP contribution in [0.15, 0.2) is 59.6 Å². The van der Waals surface area contributed by atoms with Crippen LogP contribution in [0.2, 0.25) is 0 Å². The Morgan fingerprint density at radius 3 is 2.54 bits per heavy atom. The summed E-state index contributed by atoms with van der Waals surface area (Å²) in [6, 6.07) is 14.5. The molecular weight excluding hydrogens is 340 g/mol. The van der Waals surface area contributed by atoms with Gasteiger partial charge in [0.2, 0.25) is 10.0 Å². The minimum Gasteiger partial charge on any atom is -0.361 e. The van der Waals surface area contributed by atoms with Crippen molar-refractivity contribution in [3.05, 3.63) is 65.9 Å². The molecule has 6 heteroatoms. The van der Waals surface area contributed by atoms with Crippen LogP contribution in [0.1, 0.15) is 11.1 Å². The molecule has 0 bridgehead atoms. The summed E-state index contributed by atoms with van der Waals surface area (Å²) in [6.07, 6.45) is 2.51. The Kier molecular flexibility index (Phi) is 4.99. The third-order valence-electron chi connectivity index (χ3n) is 4.01. The third-order valence-corrected chi connectivity index (χ3v) is 5.99. The van der Waals surface area contributed by atoms with E-state index in [0.29, 0.717) is 12.2 Å². The largest absolute Gasteiger partial charge is 0.361 e. The van der Waals surface area contributed by atoms with Crippen LogP contribution in [0.25, 0.3) is 10.9 Å². The summed E-state index contributed by atoms with van der Waals surface area (Å²) in [4.78, 5) is 3.49. The van der Waals surface area contributed by atoms with E-state index in [-0.39, 0.29) is 10.9 Å². The van der Waals surface area contributed by atoms with E-state index >= 15 is 0 Å². The van der Waals surface area contributed by atoms with Gasteiger partial charge in [-0.3, -0.25) is 0 Å². The molecule has 3 aromatic rings. The summed E-state index contributed by atoms with van der Waals surface area (Å²) >= 11 is 4.32. The van der Waals surface area contributed by atoms with Crippen molar-refractivity contribution in [3.8, 4) is 0 Å². The molecule has 2 aromatic carbocycles. The predicted octanol–water partition coefficient (Wildman–Crippen LogP) is 3.30. The second-order valence-electron chi connectivity index (χ2n) is 5.88. The number of thiol groups is 1. The standard InChI is InChI=1S/C18H20N2O2S2/c1-13-6-8-16(9-7-13)24(21,22)20-15(12-23)10-14-11-19-18-5-3-2-4-17(14)18/h2-9,11,15,19-20,23H,10,12H2,1H3/t15-/m0/s1. The Balaban J connectivity index is 1.80. The van der Waals surface area contributed by atoms with E-state index in [2.05, 4.69) is 22.3 Å². The summed E-state index contributed by atoms with van der Waals surface area (Å²) in [7, 11) is -3.55. The third kappa shape index (κ3) is 3.66. The van der Waals surface area contributed by atoms with Gasteiger partial charge in [0.05, 0.1) is 4.90 Å². The number of hydrogen-bond donors (Lipinski definition) is 3. The van der Waals surface area contributed by atoms with Crippen molar-refractivity contribution in [3.63, 3.8) is 0 Å². The van der Waals surface area contributed by atoms with Gasteiger partial charge < -0.3 is 4.98 Å². The first-order valence-electron chi connectivity index (χ1n) is 7.74. The molecule has 1 atom stereocenters. The van der Waals surface area contributed by atoms with Crippen LogP contribution in [0.5, 0.6) is 0 Å². The number of aromatic amines is 1. The van der Waals surface area contributed by atoms with Gasteiger partial charge >= 0.3 is 0 Å². The molecule has 1 aromatic heterocycles. The molecule has 3 rings (SSSR count). The maximum Gasteiger partial charge on any atom is 0.240 e. The molecule has 0 radical (unpaired) electrons. The highest BCUT2D eigenvalue weighted by molar-refractivity contribution is 7.89. The van der Waals surface area contributed by atoms with Gasteiger partial charge in [-0.2, -0.15) is 12.6 Å². The fraction of sp³-hybridized carbons (Fsp3) is 0.222. The molecule has 0 fully saturated rings. The molecule has 0 amide bonds. The normalized spacial score (nSPS) is 13.2. The highest BCUT2D eigenvalue weighted by Gasteiger charge is 2.20. The van der Waals surface area contributed by atoms with Crippen LogP contribution in [0.3, 0.4) is 0 Å². The fourth-order valence-electron chi connectivity index (χ4n) is 2.71. The number of fused-ring (bicyclic) bond motifs is 1. The molecule has 2 N–H and O–H groups in total. The molecule has 0 aliphatic rings. The lowest BCUT2D eigenvalue weighted by Crippen LogP contribution is -2.37. The zero-order valence-electron chi connectivity index (χ0n) is 13.4. The number of rotatable bonds is 6. The molecule has 0 spiro atoms. The van der Waals surface area contributed by atoms with Gasteiger partial charge in [-0.1, -0.05) is 35.9 Å². The highest BCUT2D eigenvalue weighted by Crippen LogP contribution is 2.20. The van der Waals surface area contributed by atoms with Crippen LogP contribution in [0.4, 0.5) is 0 Å². The van der Waals surface area contributed by atoms with Crippen LogP contribution in [-0.4, -0.2) is 25.2 Å². The number of H-pyrrole nitrogens is 1. The number of aromatic nitrogens is 1. The molecular formula is C18H20N2O2S2. The second kappa shape index (κ2) is 7.01. The van der Waals surface area contributed by atoms with E-state index < -0.39 is 10.0 Å². The predicted molar refractivity (Wildman–Crippen MR) is 101 cm³/mol. The topological polar surface area (TPSA) is 62.0 Å². The minimum absolute atomic E-state index is 0.277. The van der Waals surface area contributed by atoms with Crippen LogP contribution < -0.4 is 4.72 Å². The number of sulfonamides is 1. The Hall–Kier alpha value is -1.76. The summed E-state index contributed by atoms with van der Waals surface area (Å²) < 4.78 is 27.9. The number of aryl methyl sites for hydroxylation is 1. The molecule has 126 valence electrons. The monoisotopic (exact) mass is 360 g/mol. The lowest BCUT2D eigenvalue weighted by atomic mass is 10.1. The van der Waals surface area contributed by atoms with Crippen LogP contribution in [-0.2, 0) is 16.4 Å². The fourth-order valence-corrected chi connectivity index (χ4v) is 4.29. The van der Waals surface area contributed by atoms with E-state index in [1.54, 1.807) is 24.3 Å². The molecule has 24 heavy (non-hydrogen) atoms. The number of nitrogens with one attached hydrogen (secondary N) is 2. The van der Waals surface area contributed by atoms with Gasteiger partial charge in [0.1, 0.15) is 0 Å². The average molecular weight is 361 g/mol. The molecule has 0 aliphatic carbocycles.